The Balaban J connectivity index is 2.10. The molecule has 2 aromatic rings. The number of ether oxygens (including phenoxy) is 1. The molecule has 2 rings (SSSR count). The molecule has 0 aliphatic carbocycles. The lowest BCUT2D eigenvalue weighted by molar-refractivity contribution is -0.116. The minimum Gasteiger partial charge on any atom is -0.462 e. The Hall–Kier alpha value is -2.98. The van der Waals surface area contributed by atoms with Gasteiger partial charge in [-0.3, -0.25) is 9.59 Å². The molecule has 1 heterocycles. The molecule has 1 aromatic heterocycles. The van der Waals surface area contributed by atoms with E-state index < -0.39 is 27.5 Å². The summed E-state index contributed by atoms with van der Waals surface area (Å²) in [5.74, 6) is -0.969. The Morgan fingerprint density at radius 1 is 1.10 bits per heavy atom. The number of anilines is 1. The third-order valence-electron chi connectivity index (χ3n) is 3.89. The van der Waals surface area contributed by atoms with E-state index in [2.05, 4.69) is 5.32 Å². The second-order valence-corrected chi connectivity index (χ2v) is 8.53. The molecule has 10 heteroatoms. The summed E-state index contributed by atoms with van der Waals surface area (Å²) >= 11 is 0. The number of rotatable bonds is 8. The Labute approximate surface area is 169 Å². The molecule has 1 N–H and O–H groups in total. The lowest BCUT2D eigenvalue weighted by Crippen LogP contribution is -2.29. The van der Waals surface area contributed by atoms with Crippen LogP contribution in [0.25, 0.3) is 0 Å². The van der Waals surface area contributed by atoms with E-state index in [4.69, 9.17) is 4.74 Å². The van der Waals surface area contributed by atoms with Crippen LogP contribution in [0, 0.1) is 0 Å². The zero-order valence-electron chi connectivity index (χ0n) is 16.4. The van der Waals surface area contributed by atoms with Crippen molar-refractivity contribution >= 4 is 27.6 Å². The summed E-state index contributed by atoms with van der Waals surface area (Å²) < 4.78 is 31.5. The third kappa shape index (κ3) is 5.75. The van der Waals surface area contributed by atoms with Crippen molar-refractivity contribution in [2.24, 2.45) is 0 Å². The van der Waals surface area contributed by atoms with Crippen molar-refractivity contribution in [2.45, 2.75) is 24.8 Å². The average Bonchev–Trinajstić information content (AvgIpc) is 2.68. The van der Waals surface area contributed by atoms with Gasteiger partial charge in [0.05, 0.1) is 17.1 Å². The second-order valence-electron chi connectivity index (χ2n) is 6.38. The summed E-state index contributed by atoms with van der Waals surface area (Å²) in [6.07, 6.45) is 1.85. The maximum absolute atomic E-state index is 12.3. The Morgan fingerprint density at radius 2 is 1.76 bits per heavy atom. The van der Waals surface area contributed by atoms with Gasteiger partial charge in [0.2, 0.25) is 15.9 Å². The van der Waals surface area contributed by atoms with Gasteiger partial charge in [-0.25, -0.2) is 17.5 Å². The van der Waals surface area contributed by atoms with Crippen molar-refractivity contribution in [3.63, 3.8) is 0 Å². The van der Waals surface area contributed by atoms with Gasteiger partial charge in [0, 0.05) is 32.0 Å². The molecule has 0 fully saturated rings. The smallest absolute Gasteiger partial charge is 0.338 e. The standard InChI is InChI=1S/C19H23N3O6S/c1-4-11-28-19(25)14-5-7-15(8-6-14)20-17(23)13-22-12-16(9-10-18(22)24)29(26,27)21(2)3/h5-10,12H,4,11,13H2,1-3H3,(H,20,23). The molecule has 0 radical (unpaired) electrons. The molecule has 156 valence electrons. The first-order valence-electron chi connectivity index (χ1n) is 8.85. The number of carbonyl (C=O) groups excluding carboxylic acids is 2. The average molecular weight is 421 g/mol. The molecular formula is C19H23N3O6S. The van der Waals surface area contributed by atoms with Crippen molar-refractivity contribution < 1.29 is 22.7 Å². The van der Waals surface area contributed by atoms with Crippen LogP contribution < -0.4 is 10.9 Å². The normalized spacial score (nSPS) is 11.3. The van der Waals surface area contributed by atoms with Crippen molar-refractivity contribution in [3.05, 3.63) is 58.5 Å². The minimum atomic E-state index is -3.73. The number of hydrogen-bond donors (Lipinski definition) is 1. The van der Waals surface area contributed by atoms with Crippen LogP contribution in [0.1, 0.15) is 23.7 Å². The number of aromatic nitrogens is 1. The number of nitrogens with zero attached hydrogens (tertiary/aromatic N) is 2. The highest BCUT2D eigenvalue weighted by Gasteiger charge is 2.18. The topological polar surface area (TPSA) is 115 Å². The van der Waals surface area contributed by atoms with Gasteiger partial charge >= 0.3 is 5.97 Å². The Bertz CT molecular complexity index is 1040. The maximum Gasteiger partial charge on any atom is 0.338 e. The Kier molecular flexibility index (Phi) is 7.29. The van der Waals surface area contributed by atoms with Crippen molar-refractivity contribution in [1.82, 2.24) is 8.87 Å². The van der Waals surface area contributed by atoms with Gasteiger partial charge in [0.15, 0.2) is 0 Å². The molecule has 0 atom stereocenters. The number of pyridine rings is 1. The number of benzene rings is 1. The maximum atomic E-state index is 12.3. The third-order valence-corrected chi connectivity index (χ3v) is 5.69. The summed E-state index contributed by atoms with van der Waals surface area (Å²) in [5.41, 5.74) is 0.272. The molecule has 0 unspecified atom stereocenters. The molecule has 0 spiro atoms. The van der Waals surface area contributed by atoms with Crippen LogP contribution in [-0.2, 0) is 26.1 Å². The van der Waals surface area contributed by atoms with Gasteiger partial charge in [-0.1, -0.05) is 6.92 Å². The van der Waals surface area contributed by atoms with E-state index in [1.807, 2.05) is 6.92 Å². The van der Waals surface area contributed by atoms with Gasteiger partial charge in [-0.2, -0.15) is 0 Å². The largest absolute Gasteiger partial charge is 0.462 e. The van der Waals surface area contributed by atoms with Crippen LogP contribution in [0.2, 0.25) is 0 Å². The zero-order chi connectivity index (χ0) is 21.6. The fraction of sp³-hybridized carbons (Fsp3) is 0.316. The zero-order valence-corrected chi connectivity index (χ0v) is 17.2. The number of hydrogen-bond acceptors (Lipinski definition) is 6. The second kappa shape index (κ2) is 9.48. The molecule has 0 saturated heterocycles. The van der Waals surface area contributed by atoms with Crippen molar-refractivity contribution in [1.29, 1.82) is 0 Å². The lowest BCUT2D eigenvalue weighted by atomic mass is 10.2. The van der Waals surface area contributed by atoms with Crippen LogP contribution in [0.3, 0.4) is 0 Å². The van der Waals surface area contributed by atoms with E-state index in [0.29, 0.717) is 17.9 Å². The molecule has 9 nitrogen and oxygen atoms in total. The molecule has 0 bridgehead atoms. The van der Waals surface area contributed by atoms with E-state index >= 15 is 0 Å². The van der Waals surface area contributed by atoms with Crippen LogP contribution in [0.5, 0.6) is 0 Å². The fourth-order valence-electron chi connectivity index (χ4n) is 2.32. The van der Waals surface area contributed by atoms with Crippen molar-refractivity contribution in [2.75, 3.05) is 26.0 Å². The molecule has 1 amide bonds. The quantitative estimate of drug-likeness (QED) is 0.643. The fourth-order valence-corrected chi connectivity index (χ4v) is 3.24. The summed E-state index contributed by atoms with van der Waals surface area (Å²) in [5, 5.41) is 2.60. The van der Waals surface area contributed by atoms with Gasteiger partial charge in [0.1, 0.15) is 6.54 Å². The van der Waals surface area contributed by atoms with Crippen LogP contribution >= 0.6 is 0 Å². The van der Waals surface area contributed by atoms with Gasteiger partial charge in [-0.05, 0) is 36.8 Å². The van der Waals surface area contributed by atoms with Gasteiger partial charge in [0.25, 0.3) is 5.56 Å². The predicted octanol–water partition coefficient (Wildman–Crippen LogP) is 1.30. The van der Waals surface area contributed by atoms with E-state index in [0.717, 1.165) is 27.6 Å². The number of sulfonamides is 1. The Morgan fingerprint density at radius 3 is 2.34 bits per heavy atom. The highest BCUT2D eigenvalue weighted by molar-refractivity contribution is 7.89. The molecule has 0 aliphatic rings. The van der Waals surface area contributed by atoms with Crippen LogP contribution in [0.15, 0.2) is 52.3 Å². The van der Waals surface area contributed by atoms with E-state index in [-0.39, 0.29) is 11.4 Å². The van der Waals surface area contributed by atoms with E-state index in [9.17, 15) is 22.8 Å². The van der Waals surface area contributed by atoms with Gasteiger partial charge < -0.3 is 14.6 Å². The summed E-state index contributed by atoms with van der Waals surface area (Å²) in [4.78, 5) is 35.9. The van der Waals surface area contributed by atoms with Crippen LogP contribution in [0.4, 0.5) is 5.69 Å². The van der Waals surface area contributed by atoms with Gasteiger partial charge in [-0.15, -0.1) is 0 Å². The molecule has 1 aromatic carbocycles. The van der Waals surface area contributed by atoms with E-state index in [1.165, 1.54) is 44.4 Å². The number of carbonyl (C=O) groups is 2. The lowest BCUT2D eigenvalue weighted by Gasteiger charge is -2.13. The molecule has 0 aliphatic heterocycles. The monoisotopic (exact) mass is 421 g/mol. The molecule has 0 saturated carbocycles. The SMILES string of the molecule is CCCOC(=O)c1ccc(NC(=O)Cn2cc(S(=O)(=O)N(C)C)ccc2=O)cc1. The summed E-state index contributed by atoms with van der Waals surface area (Å²) in [6, 6.07) is 8.41. The highest BCUT2D eigenvalue weighted by atomic mass is 32.2. The first kappa shape index (κ1) is 22.3. The molecule has 29 heavy (non-hydrogen) atoms. The van der Waals surface area contributed by atoms with Crippen molar-refractivity contribution in [3.8, 4) is 0 Å². The minimum absolute atomic E-state index is 0.0927. The molecular weight excluding hydrogens is 398 g/mol. The van der Waals surface area contributed by atoms with E-state index in [1.54, 1.807) is 0 Å². The number of amides is 1. The first-order chi connectivity index (χ1) is 13.6. The highest BCUT2D eigenvalue weighted by Crippen LogP contribution is 2.12. The number of esters is 1. The van der Waals surface area contributed by atoms with Crippen LogP contribution in [-0.4, -0.2) is 49.9 Å². The summed E-state index contributed by atoms with van der Waals surface area (Å²) in [6.45, 7) is 1.85. The summed E-state index contributed by atoms with van der Waals surface area (Å²) in [7, 11) is -0.984. The number of nitrogens with one attached hydrogen (secondary N) is 1. The first-order valence-corrected chi connectivity index (χ1v) is 10.3. The predicted molar refractivity (Wildman–Crippen MR) is 107 cm³/mol.